The van der Waals surface area contributed by atoms with E-state index < -0.39 is 23.8 Å². The smallest absolute Gasteiger partial charge is 0.332 e. The Morgan fingerprint density at radius 2 is 2.15 bits per heavy atom. The topological polar surface area (TPSA) is 94.7 Å². The fraction of sp³-hybridized carbons (Fsp3) is 0.769. The molecule has 0 spiro atoms. The average Bonchev–Trinajstić information content (AvgIpc) is 3.10. The molecule has 1 N–H and O–H groups in total. The summed E-state index contributed by atoms with van der Waals surface area (Å²) in [6, 6.07) is 0. The molecule has 7 nitrogen and oxygen atoms in total. The number of ether oxygens (including phenoxy) is 2. The lowest BCUT2D eigenvalue weighted by Gasteiger charge is -2.25. The number of carboxylic acids is 1. The first-order chi connectivity index (χ1) is 9.56. The molecule has 2 unspecified atom stereocenters. The lowest BCUT2D eigenvalue weighted by Crippen LogP contribution is -2.28. The Labute approximate surface area is 117 Å². The molecule has 112 valence electrons. The van der Waals surface area contributed by atoms with Crippen molar-refractivity contribution in [1.82, 2.24) is 10.1 Å². The zero-order valence-electron chi connectivity index (χ0n) is 12.0. The minimum absolute atomic E-state index is 0.326. The number of aliphatic carboxylic acids is 1. The summed E-state index contributed by atoms with van der Waals surface area (Å²) in [5.74, 6) is -0.143. The average molecular weight is 284 g/mol. The van der Waals surface area contributed by atoms with E-state index in [4.69, 9.17) is 19.1 Å². The molecule has 0 amide bonds. The van der Waals surface area contributed by atoms with E-state index >= 15 is 0 Å². The van der Waals surface area contributed by atoms with Crippen LogP contribution in [0.5, 0.6) is 0 Å². The van der Waals surface area contributed by atoms with E-state index in [0.717, 1.165) is 12.8 Å². The van der Waals surface area contributed by atoms with Crippen LogP contribution in [0.2, 0.25) is 0 Å². The van der Waals surface area contributed by atoms with Gasteiger partial charge in [-0.3, -0.25) is 0 Å². The Morgan fingerprint density at radius 1 is 1.45 bits per heavy atom. The van der Waals surface area contributed by atoms with Gasteiger partial charge in [0.2, 0.25) is 5.82 Å². The molecule has 1 aromatic rings. The predicted molar refractivity (Wildman–Crippen MR) is 68.1 cm³/mol. The van der Waals surface area contributed by atoms with E-state index in [0.29, 0.717) is 24.6 Å². The molecule has 20 heavy (non-hydrogen) atoms. The van der Waals surface area contributed by atoms with Gasteiger partial charge in [-0.2, -0.15) is 4.98 Å². The van der Waals surface area contributed by atoms with Crippen molar-refractivity contribution in [1.29, 1.82) is 0 Å². The van der Waals surface area contributed by atoms with Crippen LogP contribution in [-0.4, -0.2) is 34.4 Å². The number of hydrogen-bond donors (Lipinski definition) is 1. The highest BCUT2D eigenvalue weighted by molar-refractivity contribution is 5.72. The molecule has 1 aliphatic heterocycles. The van der Waals surface area contributed by atoms with Gasteiger partial charge in [0.05, 0.1) is 0 Å². The molecule has 0 radical (unpaired) electrons. The Bertz CT molecular complexity index is 461. The first-order valence-corrected chi connectivity index (χ1v) is 6.83. The number of carboxylic acid groups (broad SMARTS) is 1. The minimum atomic E-state index is -0.958. The summed E-state index contributed by atoms with van der Waals surface area (Å²) in [5.41, 5.74) is -0.563. The molecule has 2 heterocycles. The van der Waals surface area contributed by atoms with E-state index in [2.05, 4.69) is 10.1 Å². The van der Waals surface area contributed by atoms with Gasteiger partial charge in [-0.05, 0) is 25.7 Å². The summed E-state index contributed by atoms with van der Waals surface area (Å²) in [7, 11) is 1.62. The van der Waals surface area contributed by atoms with Gasteiger partial charge in [0.1, 0.15) is 11.7 Å². The van der Waals surface area contributed by atoms with Crippen LogP contribution in [-0.2, 0) is 19.9 Å². The Hall–Kier alpha value is -1.47. The molecule has 0 aliphatic carbocycles. The van der Waals surface area contributed by atoms with Crippen molar-refractivity contribution in [2.24, 2.45) is 0 Å². The van der Waals surface area contributed by atoms with Crippen LogP contribution >= 0.6 is 0 Å². The number of hydrogen-bond acceptors (Lipinski definition) is 6. The molecule has 0 saturated carbocycles. The highest BCUT2D eigenvalue weighted by atomic mass is 16.6. The largest absolute Gasteiger partial charge is 0.479 e. The molecule has 1 saturated heterocycles. The van der Waals surface area contributed by atoms with Crippen molar-refractivity contribution in [3.05, 3.63) is 11.7 Å². The highest BCUT2D eigenvalue weighted by Gasteiger charge is 2.38. The number of carbonyl (C=O) groups is 1. The van der Waals surface area contributed by atoms with E-state index in [-0.39, 0.29) is 0 Å². The van der Waals surface area contributed by atoms with Gasteiger partial charge in [-0.1, -0.05) is 19.0 Å². The van der Waals surface area contributed by atoms with E-state index in [1.165, 1.54) is 0 Å². The third kappa shape index (κ3) is 2.55. The van der Waals surface area contributed by atoms with Crippen LogP contribution in [0.3, 0.4) is 0 Å². The fourth-order valence-corrected chi connectivity index (χ4v) is 2.50. The standard InChI is InChI=1S/C13H20N2O5/c1-4-13(5-2,18-3)12-14-10(20-15-12)8-6-7-9(19-8)11(16)17/h8-9H,4-7H2,1-3H3,(H,16,17). The van der Waals surface area contributed by atoms with Crippen LogP contribution in [0.15, 0.2) is 4.52 Å². The molecular weight excluding hydrogens is 264 g/mol. The molecule has 0 aromatic carbocycles. The van der Waals surface area contributed by atoms with Gasteiger partial charge in [0, 0.05) is 7.11 Å². The van der Waals surface area contributed by atoms with Gasteiger partial charge in [-0.25, -0.2) is 4.79 Å². The number of aromatic nitrogens is 2. The van der Waals surface area contributed by atoms with E-state index in [1.54, 1.807) is 7.11 Å². The first kappa shape index (κ1) is 14.9. The second-order valence-corrected chi connectivity index (χ2v) is 4.89. The van der Waals surface area contributed by atoms with Gasteiger partial charge >= 0.3 is 5.97 Å². The lowest BCUT2D eigenvalue weighted by molar-refractivity contribution is -0.150. The van der Waals surface area contributed by atoms with Crippen LogP contribution in [0.1, 0.15) is 57.3 Å². The number of rotatable bonds is 6. The van der Waals surface area contributed by atoms with E-state index in [1.807, 2.05) is 13.8 Å². The van der Waals surface area contributed by atoms with Crippen molar-refractivity contribution in [3.63, 3.8) is 0 Å². The van der Waals surface area contributed by atoms with Gasteiger partial charge in [0.15, 0.2) is 6.10 Å². The highest BCUT2D eigenvalue weighted by Crippen LogP contribution is 2.35. The van der Waals surface area contributed by atoms with Crippen molar-refractivity contribution >= 4 is 5.97 Å². The Kier molecular flexibility index (Phi) is 4.39. The molecular formula is C13H20N2O5. The molecule has 1 aliphatic rings. The lowest BCUT2D eigenvalue weighted by atomic mass is 9.96. The minimum Gasteiger partial charge on any atom is -0.479 e. The van der Waals surface area contributed by atoms with Crippen molar-refractivity contribution in [2.75, 3.05) is 7.11 Å². The maximum absolute atomic E-state index is 10.9. The summed E-state index contributed by atoms with van der Waals surface area (Å²) >= 11 is 0. The normalized spacial score (nSPS) is 23.1. The Balaban J connectivity index is 2.15. The molecule has 0 bridgehead atoms. The Morgan fingerprint density at radius 3 is 2.65 bits per heavy atom. The third-order valence-electron chi connectivity index (χ3n) is 3.95. The molecule has 7 heteroatoms. The van der Waals surface area contributed by atoms with Gasteiger partial charge < -0.3 is 19.1 Å². The van der Waals surface area contributed by atoms with Crippen LogP contribution < -0.4 is 0 Å². The summed E-state index contributed by atoms with van der Waals surface area (Å²) in [5, 5.41) is 12.9. The summed E-state index contributed by atoms with van der Waals surface area (Å²) in [4.78, 5) is 15.2. The maximum atomic E-state index is 10.9. The second kappa shape index (κ2) is 5.88. The quantitative estimate of drug-likeness (QED) is 0.854. The predicted octanol–water partition coefficient (Wildman–Crippen LogP) is 2.04. The fourth-order valence-electron chi connectivity index (χ4n) is 2.50. The van der Waals surface area contributed by atoms with Crippen LogP contribution in [0.25, 0.3) is 0 Å². The molecule has 2 atom stereocenters. The zero-order chi connectivity index (χ0) is 14.8. The van der Waals surface area contributed by atoms with Crippen molar-refractivity contribution in [3.8, 4) is 0 Å². The third-order valence-corrected chi connectivity index (χ3v) is 3.95. The summed E-state index contributed by atoms with van der Waals surface area (Å²) in [6.45, 7) is 3.99. The van der Waals surface area contributed by atoms with Crippen LogP contribution in [0.4, 0.5) is 0 Å². The summed E-state index contributed by atoms with van der Waals surface area (Å²) in [6.07, 6.45) is 1.23. The van der Waals surface area contributed by atoms with E-state index in [9.17, 15) is 4.79 Å². The SMILES string of the molecule is CCC(CC)(OC)c1noc(C2CCC(C(=O)O)O2)n1. The van der Waals surface area contributed by atoms with Gasteiger partial charge in [0.25, 0.3) is 5.89 Å². The molecule has 1 fully saturated rings. The maximum Gasteiger partial charge on any atom is 0.332 e. The number of nitrogens with zero attached hydrogens (tertiary/aromatic N) is 2. The van der Waals surface area contributed by atoms with Crippen molar-refractivity contribution in [2.45, 2.75) is 57.3 Å². The first-order valence-electron chi connectivity index (χ1n) is 6.83. The molecule has 1 aromatic heterocycles. The monoisotopic (exact) mass is 284 g/mol. The second-order valence-electron chi connectivity index (χ2n) is 4.89. The van der Waals surface area contributed by atoms with Gasteiger partial charge in [-0.15, -0.1) is 0 Å². The molecule has 2 rings (SSSR count). The zero-order valence-corrected chi connectivity index (χ0v) is 12.0. The number of methoxy groups -OCH3 is 1. The van der Waals surface area contributed by atoms with Crippen LogP contribution in [0, 0.1) is 0 Å². The summed E-state index contributed by atoms with van der Waals surface area (Å²) < 4.78 is 16.2. The van der Waals surface area contributed by atoms with Crippen molar-refractivity contribution < 1.29 is 23.9 Å².